The zero-order valence-electron chi connectivity index (χ0n) is 34.4. The van der Waals surface area contributed by atoms with Crippen LogP contribution >= 0.6 is 24.8 Å². The van der Waals surface area contributed by atoms with E-state index in [-0.39, 0.29) is 47.0 Å². The predicted octanol–water partition coefficient (Wildman–Crippen LogP) is 14.5. The first-order valence-electron chi connectivity index (χ1n) is 19.2. The Labute approximate surface area is 355 Å². The molecule has 0 spiro atoms. The smallest absolute Gasteiger partial charge is 0.147 e. The topological polar surface area (TPSA) is 0 Å². The fraction of sp³-hybridized carbons (Fsp3) is 0.396. The van der Waals surface area contributed by atoms with E-state index in [1.165, 1.54) is 47.5 Å². The molecule has 0 radical (unpaired) electrons. The van der Waals surface area contributed by atoms with E-state index in [0.29, 0.717) is 20.8 Å². The van der Waals surface area contributed by atoms with Crippen LogP contribution in [0, 0.1) is 11.3 Å². The van der Waals surface area contributed by atoms with Gasteiger partial charge in [-0.2, -0.15) is 0 Å². The molecule has 1 atom stereocenters. The third-order valence-electron chi connectivity index (χ3n) is 11.1. The summed E-state index contributed by atoms with van der Waals surface area (Å²) in [5.74, 6) is 0.0140. The summed E-state index contributed by atoms with van der Waals surface area (Å²) in [6.07, 6.45) is -2.26. The molecule has 0 N–H and O–H groups in total. The molecule has 0 heterocycles. The summed E-state index contributed by atoms with van der Waals surface area (Å²) in [6.45, 7) is 21.7. The molecule has 0 saturated carbocycles. The first-order chi connectivity index (χ1) is 25.4. The van der Waals surface area contributed by atoms with Gasteiger partial charge in [0.15, 0.2) is 0 Å². The van der Waals surface area contributed by atoms with Crippen molar-refractivity contribution in [3.8, 4) is 11.1 Å². The molecule has 0 aliphatic heterocycles. The molecule has 1 unspecified atom stereocenters. The Bertz CT molecular complexity index is 2180. The number of rotatable bonds is 6. The van der Waals surface area contributed by atoms with Crippen molar-refractivity contribution in [2.45, 2.75) is 112 Å². The molecule has 6 rings (SSSR count). The quantitative estimate of drug-likeness (QED) is 0.149. The van der Waals surface area contributed by atoms with Gasteiger partial charge in [0.25, 0.3) is 0 Å². The van der Waals surface area contributed by atoms with Gasteiger partial charge in [-0.1, -0.05) is 0 Å². The van der Waals surface area contributed by atoms with Crippen molar-refractivity contribution in [1.29, 1.82) is 0 Å². The monoisotopic (exact) mass is 904 g/mol. The van der Waals surface area contributed by atoms with E-state index in [0.717, 1.165) is 47.2 Å². The largest absolute Gasteiger partial charge is 0.147 e. The Balaban J connectivity index is 0.00000360. The van der Waals surface area contributed by atoms with E-state index in [2.05, 4.69) is 112 Å². The standard InChI is InChI=1S/C21H25.C15H8F6.C12H19.2ClH.Zr/c1-20(2,3)16-7-9-18-14(12-16)11-15-13-17(21(4,5)6)8-10-19(15)18;16-14(17,18)12-5-1-3-10(8-12)7-11-4-2-6-13(9-11)15(19,20)21;1-5-6-10-7-8-11(9-10)12(2,3)4;;;/h7-10,12H,11H2,1-6H3;1-6,8-9H;8-10H,5-6H2,1-4H3;2*1H;. The molecule has 0 saturated heterocycles. The van der Waals surface area contributed by atoms with Gasteiger partial charge in [-0.3, -0.25) is 0 Å². The first-order valence-corrected chi connectivity index (χ1v) is 22.9. The maximum Gasteiger partial charge on any atom is -0.147 e. The molecular formula is C48H54Cl2F6Zr. The molecule has 0 amide bonds. The number of allylic oxidation sites excluding steroid dienone is 4. The third-order valence-corrected chi connectivity index (χ3v) is 19.0. The Morgan fingerprint density at radius 2 is 1.18 bits per heavy atom. The van der Waals surface area contributed by atoms with Crippen molar-refractivity contribution >= 4 is 31.3 Å². The maximum absolute atomic E-state index is 14.5. The summed E-state index contributed by atoms with van der Waals surface area (Å²) in [7, 11) is 0. The van der Waals surface area contributed by atoms with Gasteiger partial charge in [-0.15, -0.1) is 24.8 Å². The van der Waals surface area contributed by atoms with E-state index in [1.54, 1.807) is 12.1 Å². The molecule has 306 valence electrons. The van der Waals surface area contributed by atoms with E-state index >= 15 is 0 Å². The van der Waals surface area contributed by atoms with Gasteiger partial charge in [0.05, 0.1) is 0 Å². The molecule has 4 aromatic rings. The molecule has 2 aliphatic carbocycles. The molecule has 9 heteroatoms. The summed E-state index contributed by atoms with van der Waals surface area (Å²) in [5.41, 5.74) is 6.52. The minimum absolute atomic E-state index is 0. The van der Waals surface area contributed by atoms with Crippen LogP contribution in [0.5, 0.6) is 0 Å². The fourth-order valence-electron chi connectivity index (χ4n) is 8.13. The molecular weight excluding hydrogens is 853 g/mol. The minimum Gasteiger partial charge on any atom is -0.147 e. The van der Waals surface area contributed by atoms with Gasteiger partial charge < -0.3 is 0 Å². The number of hydrogen-bond acceptors (Lipinski definition) is 0. The maximum atomic E-state index is 14.5. The molecule has 0 aromatic heterocycles. The van der Waals surface area contributed by atoms with E-state index < -0.39 is 44.7 Å². The summed E-state index contributed by atoms with van der Waals surface area (Å²) in [6, 6.07) is 21.7. The molecule has 4 aromatic carbocycles. The van der Waals surface area contributed by atoms with Gasteiger partial charge in [-0.05, 0) is 0 Å². The second-order valence-electron chi connectivity index (χ2n) is 18.3. The van der Waals surface area contributed by atoms with Crippen LogP contribution in [0.3, 0.4) is 0 Å². The van der Waals surface area contributed by atoms with E-state index in [9.17, 15) is 26.3 Å². The predicted molar refractivity (Wildman–Crippen MR) is 226 cm³/mol. The average Bonchev–Trinajstić information content (AvgIpc) is 3.67. The van der Waals surface area contributed by atoms with Gasteiger partial charge in [0.2, 0.25) is 0 Å². The van der Waals surface area contributed by atoms with E-state index in [1.807, 2.05) is 0 Å². The van der Waals surface area contributed by atoms with Crippen molar-refractivity contribution in [1.82, 2.24) is 0 Å². The molecule has 57 heavy (non-hydrogen) atoms. The van der Waals surface area contributed by atoms with Crippen molar-refractivity contribution in [2.24, 2.45) is 11.3 Å². The summed E-state index contributed by atoms with van der Waals surface area (Å²) >= 11 is -3.87. The fourth-order valence-corrected chi connectivity index (χ4v) is 17.6. The van der Waals surface area contributed by atoms with Gasteiger partial charge >= 0.3 is 333 Å². The van der Waals surface area contributed by atoms with Crippen LogP contribution in [-0.2, 0) is 50.9 Å². The molecule has 2 aliphatic rings. The van der Waals surface area contributed by atoms with Gasteiger partial charge in [0, 0.05) is 0 Å². The Hall–Kier alpha value is -2.73. The van der Waals surface area contributed by atoms with Crippen LogP contribution in [-0.4, -0.2) is 3.21 Å². The number of alkyl halides is 6. The van der Waals surface area contributed by atoms with Crippen LogP contribution in [0.2, 0.25) is 0 Å². The van der Waals surface area contributed by atoms with E-state index in [4.69, 9.17) is 0 Å². The normalized spacial score (nSPS) is 15.5. The van der Waals surface area contributed by atoms with Crippen molar-refractivity contribution in [3.63, 3.8) is 0 Å². The average molecular weight is 907 g/mol. The van der Waals surface area contributed by atoms with Crippen molar-refractivity contribution in [2.75, 3.05) is 0 Å². The zero-order valence-corrected chi connectivity index (χ0v) is 38.5. The number of hydrogen-bond donors (Lipinski definition) is 0. The summed E-state index contributed by atoms with van der Waals surface area (Å²) in [5, 5.41) is 0. The molecule has 0 fully saturated rings. The SMILES string of the molecule is CCCC1C=C(C(C)(C)C)C=[C]1[Zr](=[C](c1cccc(C(F)(F)F)c1)c1cccc(C(F)(F)F)c1)[c]1c(C(C)(C)C)ccc2c1Cc1cc(C(C)(C)C)ccc1-2.Cl.Cl. The number of halogens is 8. The van der Waals surface area contributed by atoms with Crippen LogP contribution < -0.4 is 3.27 Å². The zero-order chi connectivity index (χ0) is 40.5. The van der Waals surface area contributed by atoms with Gasteiger partial charge in [0.1, 0.15) is 0 Å². The van der Waals surface area contributed by atoms with Gasteiger partial charge in [-0.25, -0.2) is 0 Å². The number of fused-ring (bicyclic) bond motifs is 3. The summed E-state index contributed by atoms with van der Waals surface area (Å²) in [4.78, 5) is 0. The van der Waals surface area contributed by atoms with Crippen molar-refractivity contribution in [3.05, 3.63) is 144 Å². The Kier molecular flexibility index (Phi) is 13.8. The number of benzene rings is 4. The van der Waals surface area contributed by atoms with Crippen molar-refractivity contribution < 1.29 is 47.6 Å². The van der Waals surface area contributed by atoms with Crippen LogP contribution in [0.15, 0.2) is 99.9 Å². The second-order valence-corrected chi connectivity index (χ2v) is 24.1. The van der Waals surface area contributed by atoms with Crippen LogP contribution in [0.25, 0.3) is 11.1 Å². The van der Waals surface area contributed by atoms with Crippen LogP contribution in [0.1, 0.15) is 127 Å². The molecule has 0 bridgehead atoms. The molecule has 0 nitrogen and oxygen atoms in total. The minimum atomic E-state index is -4.63. The second kappa shape index (κ2) is 16.7. The Morgan fingerprint density at radius 3 is 1.65 bits per heavy atom. The summed E-state index contributed by atoms with van der Waals surface area (Å²) < 4.78 is 90.2. The third kappa shape index (κ3) is 9.68. The first kappa shape index (κ1) is 47.0. The van der Waals surface area contributed by atoms with Crippen LogP contribution in [0.4, 0.5) is 26.3 Å². The Morgan fingerprint density at radius 1 is 0.632 bits per heavy atom.